The summed E-state index contributed by atoms with van der Waals surface area (Å²) in [6.07, 6.45) is 2.27. The van der Waals surface area contributed by atoms with Gasteiger partial charge in [0.25, 0.3) is 5.91 Å². The van der Waals surface area contributed by atoms with E-state index in [1.54, 1.807) is 42.5 Å². The molecular formula is C20H16Cl3N3O4S. The third-order valence-electron chi connectivity index (χ3n) is 4.01. The van der Waals surface area contributed by atoms with Gasteiger partial charge in [-0.25, -0.2) is 13.8 Å². The highest BCUT2D eigenvalue weighted by Crippen LogP contribution is 2.31. The molecule has 1 N–H and O–H groups in total. The molecule has 0 fully saturated rings. The Bertz CT molecular complexity index is 1240. The molecule has 0 aliphatic heterocycles. The van der Waals surface area contributed by atoms with E-state index in [1.165, 1.54) is 18.3 Å². The number of carbonyl (C=O) groups is 1. The molecule has 0 radical (unpaired) electrons. The van der Waals surface area contributed by atoms with Crippen LogP contribution in [-0.4, -0.2) is 33.3 Å². The van der Waals surface area contributed by atoms with Gasteiger partial charge in [-0.1, -0.05) is 46.9 Å². The van der Waals surface area contributed by atoms with Crippen molar-refractivity contribution in [3.63, 3.8) is 0 Å². The standard InChI is InChI=1S/C20H16Cl3N3O4S/c1-31(28,29)26(18-5-3-2-4-16(18)22)12-20(27)25-24-11-14-7-9-19(30-14)15-8-6-13(21)10-17(15)23/h2-11H,12H2,1H3,(H,25,27)/b24-11-. The molecule has 3 aromatic rings. The predicted molar refractivity (Wildman–Crippen MR) is 124 cm³/mol. The number of amides is 1. The van der Waals surface area contributed by atoms with Crippen LogP contribution in [0.25, 0.3) is 11.3 Å². The molecule has 0 aliphatic rings. The summed E-state index contributed by atoms with van der Waals surface area (Å²) < 4.78 is 30.8. The molecule has 162 valence electrons. The minimum Gasteiger partial charge on any atom is -0.455 e. The first kappa shape index (κ1) is 23.1. The highest BCUT2D eigenvalue weighted by atomic mass is 35.5. The van der Waals surface area contributed by atoms with Gasteiger partial charge in [0.2, 0.25) is 10.0 Å². The number of halogens is 3. The molecule has 1 amide bonds. The Labute approximate surface area is 194 Å². The van der Waals surface area contributed by atoms with Crippen molar-refractivity contribution in [2.45, 2.75) is 0 Å². The van der Waals surface area contributed by atoms with E-state index in [4.69, 9.17) is 39.2 Å². The van der Waals surface area contributed by atoms with Crippen LogP contribution in [0.1, 0.15) is 5.76 Å². The third kappa shape index (κ3) is 6.01. The monoisotopic (exact) mass is 499 g/mol. The molecule has 31 heavy (non-hydrogen) atoms. The molecule has 0 atom stereocenters. The zero-order valence-corrected chi connectivity index (χ0v) is 19.1. The fourth-order valence-electron chi connectivity index (χ4n) is 2.63. The quantitative estimate of drug-likeness (QED) is 0.372. The zero-order valence-electron chi connectivity index (χ0n) is 16.1. The molecule has 0 saturated carbocycles. The SMILES string of the molecule is CS(=O)(=O)N(CC(=O)N/N=C\c1ccc(-c2ccc(Cl)cc2Cl)o1)c1ccccc1Cl. The van der Waals surface area contributed by atoms with Crippen LogP contribution in [0.5, 0.6) is 0 Å². The Kier molecular flexibility index (Phi) is 7.27. The van der Waals surface area contributed by atoms with Gasteiger partial charge >= 0.3 is 0 Å². The first-order chi connectivity index (χ1) is 14.6. The Morgan fingerprint density at radius 3 is 2.52 bits per heavy atom. The molecule has 1 aromatic heterocycles. The van der Waals surface area contributed by atoms with Crippen molar-refractivity contribution in [3.8, 4) is 11.3 Å². The number of rotatable bonds is 7. The summed E-state index contributed by atoms with van der Waals surface area (Å²) in [6.45, 7) is -0.496. The summed E-state index contributed by atoms with van der Waals surface area (Å²) in [5.41, 5.74) is 3.12. The number of para-hydroxylation sites is 1. The van der Waals surface area contributed by atoms with E-state index in [0.717, 1.165) is 10.6 Å². The Hall–Kier alpha value is -2.52. The Morgan fingerprint density at radius 2 is 1.84 bits per heavy atom. The second kappa shape index (κ2) is 9.74. The number of anilines is 1. The molecular weight excluding hydrogens is 485 g/mol. The maximum atomic E-state index is 12.2. The second-order valence-electron chi connectivity index (χ2n) is 6.34. The first-order valence-electron chi connectivity index (χ1n) is 8.74. The van der Waals surface area contributed by atoms with Crippen LogP contribution in [-0.2, 0) is 14.8 Å². The molecule has 0 unspecified atom stereocenters. The smallest absolute Gasteiger partial charge is 0.260 e. The van der Waals surface area contributed by atoms with Crippen molar-refractivity contribution >= 4 is 62.6 Å². The van der Waals surface area contributed by atoms with Gasteiger partial charge in [0.15, 0.2) is 0 Å². The summed E-state index contributed by atoms with van der Waals surface area (Å²) in [6, 6.07) is 14.7. The van der Waals surface area contributed by atoms with Gasteiger partial charge in [-0.15, -0.1) is 0 Å². The van der Waals surface area contributed by atoms with Gasteiger partial charge < -0.3 is 4.42 Å². The Morgan fingerprint density at radius 1 is 1.10 bits per heavy atom. The van der Waals surface area contributed by atoms with E-state index in [9.17, 15) is 13.2 Å². The summed E-state index contributed by atoms with van der Waals surface area (Å²) >= 11 is 18.1. The van der Waals surface area contributed by atoms with Gasteiger partial charge in [0, 0.05) is 10.6 Å². The van der Waals surface area contributed by atoms with Crippen molar-refractivity contribution in [2.75, 3.05) is 17.1 Å². The summed E-state index contributed by atoms with van der Waals surface area (Å²) in [7, 11) is -3.75. The van der Waals surface area contributed by atoms with E-state index < -0.39 is 22.5 Å². The van der Waals surface area contributed by atoms with Crippen molar-refractivity contribution in [2.24, 2.45) is 5.10 Å². The summed E-state index contributed by atoms with van der Waals surface area (Å²) in [5.74, 6) is 0.193. The van der Waals surface area contributed by atoms with Gasteiger partial charge in [0.05, 0.1) is 28.2 Å². The largest absolute Gasteiger partial charge is 0.455 e. The van der Waals surface area contributed by atoms with E-state index >= 15 is 0 Å². The molecule has 1 heterocycles. The number of sulfonamides is 1. The van der Waals surface area contributed by atoms with Crippen LogP contribution in [0.4, 0.5) is 5.69 Å². The lowest BCUT2D eigenvalue weighted by atomic mass is 10.2. The van der Waals surface area contributed by atoms with Crippen LogP contribution in [0.3, 0.4) is 0 Å². The lowest BCUT2D eigenvalue weighted by Crippen LogP contribution is -2.39. The molecule has 11 heteroatoms. The number of hydrogen-bond acceptors (Lipinski definition) is 5. The van der Waals surface area contributed by atoms with Gasteiger partial charge in [-0.05, 0) is 42.5 Å². The highest BCUT2D eigenvalue weighted by Gasteiger charge is 2.22. The van der Waals surface area contributed by atoms with Crippen LogP contribution in [0.15, 0.2) is 64.1 Å². The van der Waals surface area contributed by atoms with Gasteiger partial charge in [-0.2, -0.15) is 5.10 Å². The minimum atomic E-state index is -3.75. The van der Waals surface area contributed by atoms with Crippen molar-refractivity contribution in [1.82, 2.24) is 5.43 Å². The average Bonchev–Trinajstić information content (AvgIpc) is 3.14. The molecule has 0 spiro atoms. The second-order valence-corrected chi connectivity index (χ2v) is 9.50. The number of nitrogens with zero attached hydrogens (tertiary/aromatic N) is 2. The van der Waals surface area contributed by atoms with E-state index in [1.807, 2.05) is 0 Å². The maximum Gasteiger partial charge on any atom is 0.260 e. The number of benzene rings is 2. The number of nitrogens with one attached hydrogen (secondary N) is 1. The van der Waals surface area contributed by atoms with Crippen LogP contribution < -0.4 is 9.73 Å². The lowest BCUT2D eigenvalue weighted by molar-refractivity contribution is -0.119. The van der Waals surface area contributed by atoms with E-state index in [-0.39, 0.29) is 10.7 Å². The van der Waals surface area contributed by atoms with Gasteiger partial charge in [-0.3, -0.25) is 9.10 Å². The lowest BCUT2D eigenvalue weighted by Gasteiger charge is -2.22. The summed E-state index contributed by atoms with van der Waals surface area (Å²) in [5, 5.41) is 4.95. The zero-order chi connectivity index (χ0) is 22.6. The third-order valence-corrected chi connectivity index (χ3v) is 6.01. The Balaban J connectivity index is 1.67. The summed E-state index contributed by atoms with van der Waals surface area (Å²) in [4.78, 5) is 12.2. The molecule has 2 aromatic carbocycles. The molecule has 0 saturated heterocycles. The number of hydrazone groups is 1. The fraction of sp³-hybridized carbons (Fsp3) is 0.100. The van der Waals surface area contributed by atoms with Crippen molar-refractivity contribution < 1.29 is 17.6 Å². The van der Waals surface area contributed by atoms with E-state index in [0.29, 0.717) is 27.1 Å². The highest BCUT2D eigenvalue weighted by molar-refractivity contribution is 7.92. The minimum absolute atomic E-state index is 0.196. The molecule has 7 nitrogen and oxygen atoms in total. The fourth-order valence-corrected chi connectivity index (χ4v) is 4.28. The predicted octanol–water partition coefficient (Wildman–Crippen LogP) is 4.82. The average molecular weight is 501 g/mol. The number of carbonyl (C=O) groups excluding carboxylic acids is 1. The van der Waals surface area contributed by atoms with Crippen LogP contribution in [0, 0.1) is 0 Å². The van der Waals surface area contributed by atoms with Crippen molar-refractivity contribution in [3.05, 3.63) is 75.4 Å². The maximum absolute atomic E-state index is 12.2. The molecule has 3 rings (SSSR count). The first-order valence-corrected chi connectivity index (χ1v) is 11.7. The molecule has 0 bridgehead atoms. The van der Waals surface area contributed by atoms with Crippen molar-refractivity contribution in [1.29, 1.82) is 0 Å². The topological polar surface area (TPSA) is 92.0 Å². The molecule has 0 aliphatic carbocycles. The number of hydrogen-bond donors (Lipinski definition) is 1. The van der Waals surface area contributed by atoms with Crippen LogP contribution in [0.2, 0.25) is 15.1 Å². The van der Waals surface area contributed by atoms with Gasteiger partial charge in [0.1, 0.15) is 18.1 Å². The van der Waals surface area contributed by atoms with Crippen LogP contribution >= 0.6 is 34.8 Å². The normalized spacial score (nSPS) is 11.6. The van der Waals surface area contributed by atoms with E-state index in [2.05, 4.69) is 10.5 Å². The number of furan rings is 1.